The smallest absolute Gasteiger partial charge is 0.184 e. The Morgan fingerprint density at radius 3 is 2.56 bits per heavy atom. The Labute approximate surface area is 153 Å². The maximum Gasteiger partial charge on any atom is 0.184 e. The minimum atomic E-state index is -1.26. The van der Waals surface area contributed by atoms with Gasteiger partial charge < -0.3 is 20.1 Å². The molecule has 2 aromatic heterocycles. The monoisotopic (exact) mass is 373 g/mol. The van der Waals surface area contributed by atoms with Gasteiger partial charge in [-0.2, -0.15) is 0 Å². The fourth-order valence-electron chi connectivity index (χ4n) is 3.16. The summed E-state index contributed by atoms with van der Waals surface area (Å²) >= 11 is 0. The zero-order valence-corrected chi connectivity index (χ0v) is 14.2. The van der Waals surface area contributed by atoms with Gasteiger partial charge in [0.15, 0.2) is 23.2 Å². The van der Waals surface area contributed by atoms with Gasteiger partial charge in [0.25, 0.3) is 0 Å². The summed E-state index contributed by atoms with van der Waals surface area (Å²) in [6.45, 7) is -0.225. The van der Waals surface area contributed by atoms with Gasteiger partial charge in [-0.15, -0.1) is 0 Å². The number of hydrogen-bond donors (Lipinski definition) is 4. The van der Waals surface area contributed by atoms with Crippen molar-refractivity contribution in [2.45, 2.75) is 31.1 Å². The largest absolute Gasteiger partial charge is 0.394 e. The van der Waals surface area contributed by atoms with E-state index < -0.39 is 31.1 Å². The molecule has 1 fully saturated rings. The second-order valence-electron chi connectivity index (χ2n) is 6.29. The molecule has 0 aliphatic carbocycles. The van der Waals surface area contributed by atoms with Crippen molar-refractivity contribution >= 4 is 17.0 Å². The van der Waals surface area contributed by atoms with Gasteiger partial charge in [-0.1, -0.05) is 30.3 Å². The number of aromatic nitrogens is 4. The third kappa shape index (κ3) is 3.13. The molecule has 4 rings (SSSR count). The van der Waals surface area contributed by atoms with Crippen molar-refractivity contribution in [3.63, 3.8) is 0 Å². The summed E-state index contributed by atoms with van der Waals surface area (Å²) in [4.78, 5) is 12.5. The van der Waals surface area contributed by atoms with Gasteiger partial charge in [0, 0.05) is 0 Å². The molecule has 0 unspecified atom stereocenters. The van der Waals surface area contributed by atoms with Crippen LogP contribution in [0.4, 0.5) is 5.82 Å². The molecule has 4 atom stereocenters. The van der Waals surface area contributed by atoms with E-state index in [1.807, 2.05) is 30.3 Å². The molecule has 0 spiro atoms. The number of hydrogen-bond acceptors (Lipinski definition) is 9. The number of aliphatic hydroxyl groups is 3. The van der Waals surface area contributed by atoms with Crippen LogP contribution in [-0.2, 0) is 11.3 Å². The van der Waals surface area contributed by atoms with Gasteiger partial charge >= 0.3 is 0 Å². The highest BCUT2D eigenvalue weighted by molar-refractivity contribution is 5.82. The lowest BCUT2D eigenvalue weighted by Crippen LogP contribution is -2.33. The number of benzene rings is 1. The van der Waals surface area contributed by atoms with Crippen LogP contribution in [0.1, 0.15) is 11.8 Å². The van der Waals surface area contributed by atoms with Gasteiger partial charge in [-0.25, -0.2) is 20.0 Å². The third-order valence-electron chi connectivity index (χ3n) is 4.55. The summed E-state index contributed by atoms with van der Waals surface area (Å²) in [5.41, 5.74) is 1.52. The Morgan fingerprint density at radius 1 is 1.07 bits per heavy atom. The summed E-state index contributed by atoms with van der Waals surface area (Å²) in [7, 11) is 0. The van der Waals surface area contributed by atoms with E-state index >= 15 is 0 Å². The second kappa shape index (κ2) is 7.18. The number of ether oxygens (including phenoxy) is 1. The van der Waals surface area contributed by atoms with Crippen molar-refractivity contribution in [1.82, 2.24) is 19.5 Å². The number of rotatable bonds is 5. The fourth-order valence-corrected chi connectivity index (χ4v) is 3.16. The first-order valence-corrected chi connectivity index (χ1v) is 8.40. The first kappa shape index (κ1) is 17.8. The lowest BCUT2D eigenvalue weighted by Gasteiger charge is -2.18. The Kier molecular flexibility index (Phi) is 4.72. The molecule has 10 nitrogen and oxygen atoms in total. The summed E-state index contributed by atoms with van der Waals surface area (Å²) in [5, 5.41) is 40.9. The summed E-state index contributed by atoms with van der Waals surface area (Å²) in [6.07, 6.45) is -1.70. The molecule has 0 bridgehead atoms. The predicted octanol–water partition coefficient (Wildman–Crippen LogP) is -0.166. The van der Waals surface area contributed by atoms with Crippen LogP contribution in [0.3, 0.4) is 0 Å². The van der Waals surface area contributed by atoms with Crippen LogP contribution in [0, 0.1) is 0 Å². The number of nitrogens with zero attached hydrogens (tertiary/aromatic N) is 5. The van der Waals surface area contributed by atoms with Crippen molar-refractivity contribution in [3.8, 4) is 0 Å². The van der Waals surface area contributed by atoms with Gasteiger partial charge in [-0.05, 0) is 5.56 Å². The van der Waals surface area contributed by atoms with Crippen LogP contribution in [0.2, 0.25) is 0 Å². The molecule has 1 aliphatic heterocycles. The van der Waals surface area contributed by atoms with Crippen LogP contribution in [0.5, 0.6) is 0 Å². The second-order valence-corrected chi connectivity index (χ2v) is 6.29. The molecule has 0 amide bonds. The molecule has 10 heteroatoms. The van der Waals surface area contributed by atoms with Crippen LogP contribution >= 0.6 is 0 Å². The van der Waals surface area contributed by atoms with E-state index in [0.29, 0.717) is 11.2 Å². The van der Waals surface area contributed by atoms with Gasteiger partial charge in [0.1, 0.15) is 24.6 Å². The number of aliphatic hydroxyl groups excluding tert-OH is 3. The zero-order chi connectivity index (χ0) is 19.0. The molecule has 1 aromatic carbocycles. The van der Waals surface area contributed by atoms with Crippen molar-refractivity contribution in [2.75, 3.05) is 11.7 Å². The van der Waals surface area contributed by atoms with E-state index in [4.69, 9.17) is 4.74 Å². The normalized spacial score (nSPS) is 25.2. The standard InChI is InChI=1S/C17H19N5O5/c23-7-11-13(24)14(25)17(27-11)21-9-20-12-15(21)18-8-19-16(12)22(26)6-10-4-2-1-3-5-10/h1-5,8-9,11,13-14,17,23-26H,6-7H2/t11-,13-,14-,17-/m1/s1. The number of fused-ring (bicyclic) bond motifs is 1. The number of anilines is 1. The van der Waals surface area contributed by atoms with E-state index in [2.05, 4.69) is 15.0 Å². The van der Waals surface area contributed by atoms with Gasteiger partial charge in [-0.3, -0.25) is 9.77 Å². The van der Waals surface area contributed by atoms with E-state index in [0.717, 1.165) is 10.6 Å². The summed E-state index contributed by atoms with van der Waals surface area (Å²) in [6, 6.07) is 9.37. The Bertz CT molecular complexity index is 920. The van der Waals surface area contributed by atoms with Gasteiger partial charge in [0.2, 0.25) is 0 Å². The quantitative estimate of drug-likeness (QED) is 0.449. The fraction of sp³-hybridized carbons (Fsp3) is 0.353. The molecule has 142 valence electrons. The lowest BCUT2D eigenvalue weighted by molar-refractivity contribution is -0.0511. The van der Waals surface area contributed by atoms with E-state index in [9.17, 15) is 20.5 Å². The van der Waals surface area contributed by atoms with Crippen molar-refractivity contribution in [1.29, 1.82) is 0 Å². The SMILES string of the molecule is OC[C@H]1O[C@@H](n2cnc3c(N(O)Cc4ccccc4)ncnc32)[C@H](O)[C@@H]1O. The van der Waals surface area contributed by atoms with Crippen LogP contribution in [0.25, 0.3) is 11.2 Å². The third-order valence-corrected chi connectivity index (χ3v) is 4.55. The molecule has 1 aliphatic rings. The van der Waals surface area contributed by atoms with Crippen molar-refractivity contribution < 1.29 is 25.3 Å². The van der Waals surface area contributed by atoms with Crippen LogP contribution < -0.4 is 5.06 Å². The Balaban J connectivity index is 1.66. The van der Waals surface area contributed by atoms with Gasteiger partial charge in [0.05, 0.1) is 19.5 Å². The highest BCUT2D eigenvalue weighted by Crippen LogP contribution is 2.32. The predicted molar refractivity (Wildman–Crippen MR) is 92.7 cm³/mol. The van der Waals surface area contributed by atoms with E-state index in [1.54, 1.807) is 0 Å². The summed E-state index contributed by atoms with van der Waals surface area (Å²) < 4.78 is 6.96. The Hall–Kier alpha value is -2.63. The first-order chi connectivity index (χ1) is 13.1. The zero-order valence-electron chi connectivity index (χ0n) is 14.2. The number of hydroxylamine groups is 1. The molecule has 4 N–H and O–H groups in total. The first-order valence-electron chi connectivity index (χ1n) is 8.40. The molecular formula is C17H19N5O5. The molecule has 0 radical (unpaired) electrons. The van der Waals surface area contributed by atoms with Crippen molar-refractivity contribution in [3.05, 3.63) is 48.5 Å². The molecule has 1 saturated heterocycles. The van der Waals surface area contributed by atoms with E-state index in [1.165, 1.54) is 17.2 Å². The van der Waals surface area contributed by atoms with Crippen LogP contribution in [-0.4, -0.2) is 65.0 Å². The molecular weight excluding hydrogens is 354 g/mol. The minimum absolute atomic E-state index is 0.202. The molecule has 3 aromatic rings. The average Bonchev–Trinajstić information content (AvgIpc) is 3.24. The lowest BCUT2D eigenvalue weighted by atomic mass is 10.1. The molecule has 3 heterocycles. The highest BCUT2D eigenvalue weighted by atomic mass is 16.6. The number of imidazole rings is 1. The average molecular weight is 373 g/mol. The molecule has 27 heavy (non-hydrogen) atoms. The van der Waals surface area contributed by atoms with E-state index in [-0.39, 0.29) is 12.4 Å². The summed E-state index contributed by atoms with van der Waals surface area (Å²) in [5.74, 6) is 0.203. The Morgan fingerprint density at radius 2 is 1.85 bits per heavy atom. The highest BCUT2D eigenvalue weighted by Gasteiger charge is 2.44. The maximum atomic E-state index is 10.5. The minimum Gasteiger partial charge on any atom is -0.394 e. The van der Waals surface area contributed by atoms with Crippen molar-refractivity contribution in [2.24, 2.45) is 0 Å². The van der Waals surface area contributed by atoms with Crippen LogP contribution in [0.15, 0.2) is 43.0 Å². The maximum absolute atomic E-state index is 10.5. The topological polar surface area (TPSA) is 137 Å². The molecule has 0 saturated carbocycles.